The normalized spacial score (nSPS) is 17.8. The lowest BCUT2D eigenvalue weighted by molar-refractivity contribution is -0.130. The van der Waals surface area contributed by atoms with Crippen LogP contribution in [0.1, 0.15) is 49.2 Å². The first-order valence-electron chi connectivity index (χ1n) is 12.0. The van der Waals surface area contributed by atoms with Crippen molar-refractivity contribution >= 4 is 17.4 Å². The Balaban J connectivity index is 1.37. The van der Waals surface area contributed by atoms with Crippen molar-refractivity contribution in [1.82, 2.24) is 24.2 Å². The first kappa shape index (κ1) is 20.5. The minimum atomic E-state index is 0.0825. The molecule has 6 rings (SSSR count). The Hall–Kier alpha value is -3.13. The van der Waals surface area contributed by atoms with E-state index in [0.29, 0.717) is 19.0 Å². The Morgan fingerprint density at radius 1 is 1.18 bits per heavy atom. The maximum atomic E-state index is 12.1. The van der Waals surface area contributed by atoms with Gasteiger partial charge in [0.15, 0.2) is 5.82 Å². The van der Waals surface area contributed by atoms with Gasteiger partial charge in [0.2, 0.25) is 5.91 Å². The van der Waals surface area contributed by atoms with Gasteiger partial charge in [-0.3, -0.25) is 9.48 Å². The van der Waals surface area contributed by atoms with Crippen LogP contribution in [-0.4, -0.2) is 54.9 Å². The molecule has 0 spiro atoms. The van der Waals surface area contributed by atoms with Gasteiger partial charge in [-0.2, -0.15) is 5.10 Å². The van der Waals surface area contributed by atoms with E-state index in [1.165, 1.54) is 35.6 Å². The third kappa shape index (κ3) is 3.62. The summed E-state index contributed by atoms with van der Waals surface area (Å²) in [4.78, 5) is 21.6. The molecular weight excluding hydrogens is 416 g/mol. The molecule has 1 aliphatic carbocycles. The fourth-order valence-corrected chi connectivity index (χ4v) is 5.25. The minimum Gasteiger partial charge on any atom is -0.394 e. The Kier molecular flexibility index (Phi) is 4.98. The number of aromatic nitrogens is 4. The predicted molar refractivity (Wildman–Crippen MR) is 125 cm³/mol. The number of carbonyl (C=O) groups is 1. The Morgan fingerprint density at radius 2 is 2.06 bits per heavy atom. The number of aliphatic hydroxyl groups excluding tert-OH is 1. The highest BCUT2D eigenvalue weighted by molar-refractivity contribution is 5.75. The number of aliphatic hydroxyl groups is 1. The van der Waals surface area contributed by atoms with E-state index in [9.17, 15) is 9.90 Å². The summed E-state index contributed by atoms with van der Waals surface area (Å²) >= 11 is 0. The summed E-state index contributed by atoms with van der Waals surface area (Å²) in [6.07, 6.45) is 8.40. The van der Waals surface area contributed by atoms with Crippen molar-refractivity contribution in [2.24, 2.45) is 0 Å². The smallest absolute Gasteiger partial charge is 0.219 e. The number of anilines is 2. The number of nitrogens with zero attached hydrogens (tertiary/aromatic N) is 6. The monoisotopic (exact) mass is 446 g/mol. The van der Waals surface area contributed by atoms with Crippen LogP contribution in [0.2, 0.25) is 0 Å². The van der Waals surface area contributed by atoms with E-state index in [4.69, 9.17) is 4.98 Å². The van der Waals surface area contributed by atoms with Crippen LogP contribution >= 0.6 is 0 Å². The zero-order chi connectivity index (χ0) is 22.5. The average molecular weight is 447 g/mol. The number of imidazole rings is 1. The highest BCUT2D eigenvalue weighted by Gasteiger charge is 2.36. The lowest BCUT2D eigenvalue weighted by Crippen LogP contribution is -2.38. The molecule has 0 bridgehead atoms. The van der Waals surface area contributed by atoms with E-state index in [1.807, 2.05) is 17.3 Å². The van der Waals surface area contributed by atoms with Crippen LogP contribution in [0.25, 0.3) is 11.1 Å². The van der Waals surface area contributed by atoms with Gasteiger partial charge in [0.1, 0.15) is 5.82 Å². The van der Waals surface area contributed by atoms with Crippen molar-refractivity contribution in [3.8, 4) is 11.1 Å². The molecule has 8 heteroatoms. The van der Waals surface area contributed by atoms with Crippen LogP contribution in [0.5, 0.6) is 0 Å². The molecule has 0 unspecified atom stereocenters. The third-order valence-corrected chi connectivity index (χ3v) is 7.15. The average Bonchev–Trinajstić information content (AvgIpc) is 3.44. The molecular formula is C25H30N6O2. The van der Waals surface area contributed by atoms with Crippen LogP contribution in [0, 0.1) is 0 Å². The molecule has 1 saturated carbocycles. The molecule has 4 heterocycles. The van der Waals surface area contributed by atoms with E-state index in [0.717, 1.165) is 49.4 Å². The number of hydrogen-bond acceptors (Lipinski definition) is 5. The van der Waals surface area contributed by atoms with E-state index < -0.39 is 0 Å². The van der Waals surface area contributed by atoms with Crippen molar-refractivity contribution in [2.45, 2.75) is 58.2 Å². The predicted octanol–water partition coefficient (Wildman–Crippen LogP) is 3.06. The zero-order valence-corrected chi connectivity index (χ0v) is 19.1. The zero-order valence-electron chi connectivity index (χ0n) is 19.1. The number of carbonyl (C=O) groups excluding carboxylic acids is 1. The summed E-state index contributed by atoms with van der Waals surface area (Å²) < 4.78 is 4.17. The van der Waals surface area contributed by atoms with Gasteiger partial charge in [-0.1, -0.05) is 6.07 Å². The molecule has 0 saturated heterocycles. The molecule has 33 heavy (non-hydrogen) atoms. The van der Waals surface area contributed by atoms with Gasteiger partial charge >= 0.3 is 0 Å². The van der Waals surface area contributed by atoms with Gasteiger partial charge in [0.05, 0.1) is 31.6 Å². The number of hydrogen-bond donors (Lipinski definition) is 1. The second-order valence-electron chi connectivity index (χ2n) is 9.42. The minimum absolute atomic E-state index is 0.0825. The van der Waals surface area contributed by atoms with Crippen molar-refractivity contribution in [1.29, 1.82) is 0 Å². The third-order valence-electron chi connectivity index (χ3n) is 7.15. The van der Waals surface area contributed by atoms with Crippen molar-refractivity contribution < 1.29 is 9.90 Å². The van der Waals surface area contributed by atoms with Crippen molar-refractivity contribution in [2.75, 3.05) is 24.6 Å². The molecule has 1 fully saturated rings. The number of amides is 1. The summed E-state index contributed by atoms with van der Waals surface area (Å²) in [6.45, 7) is 5.43. The summed E-state index contributed by atoms with van der Waals surface area (Å²) in [6, 6.07) is 6.64. The molecule has 0 atom stereocenters. The quantitative estimate of drug-likeness (QED) is 0.652. The van der Waals surface area contributed by atoms with E-state index in [-0.39, 0.29) is 12.5 Å². The van der Waals surface area contributed by atoms with Crippen molar-refractivity contribution in [3.05, 3.63) is 47.7 Å². The fraction of sp³-hybridized carbons (Fsp3) is 0.480. The molecule has 2 aromatic heterocycles. The maximum absolute atomic E-state index is 12.1. The van der Waals surface area contributed by atoms with Crippen LogP contribution in [0.15, 0.2) is 30.6 Å². The van der Waals surface area contributed by atoms with Gasteiger partial charge in [0.25, 0.3) is 0 Å². The molecule has 2 aliphatic heterocycles. The molecule has 3 aliphatic rings. The van der Waals surface area contributed by atoms with Gasteiger partial charge in [-0.15, -0.1) is 0 Å². The van der Waals surface area contributed by atoms with Crippen LogP contribution in [0.4, 0.5) is 11.5 Å². The van der Waals surface area contributed by atoms with Gasteiger partial charge in [0, 0.05) is 49.9 Å². The van der Waals surface area contributed by atoms with Gasteiger partial charge in [-0.05, 0) is 48.9 Å². The van der Waals surface area contributed by atoms with Gasteiger partial charge in [-0.25, -0.2) is 4.98 Å². The lowest BCUT2D eigenvalue weighted by Gasteiger charge is -2.33. The largest absolute Gasteiger partial charge is 0.394 e. The summed E-state index contributed by atoms with van der Waals surface area (Å²) in [5.74, 6) is 2.95. The van der Waals surface area contributed by atoms with Crippen LogP contribution in [-0.2, 0) is 30.8 Å². The first-order chi connectivity index (χ1) is 16.1. The van der Waals surface area contributed by atoms with Crippen molar-refractivity contribution in [3.63, 3.8) is 0 Å². The summed E-state index contributed by atoms with van der Waals surface area (Å²) in [7, 11) is 0. The Morgan fingerprint density at radius 3 is 2.85 bits per heavy atom. The fourth-order valence-electron chi connectivity index (χ4n) is 5.25. The molecule has 1 amide bonds. The number of aryl methyl sites for hydroxylation is 1. The van der Waals surface area contributed by atoms with E-state index >= 15 is 0 Å². The van der Waals surface area contributed by atoms with E-state index in [1.54, 1.807) is 11.6 Å². The second-order valence-corrected chi connectivity index (χ2v) is 9.42. The standard InChI is InChI=1S/C25H30N6O2/c1-17(33)28-9-10-31-23(16-28)25(27-24(31)18-4-5-18)30-8-2-3-20-13-19(6-7-22(20)30)21-14-26-29(15-21)11-12-32/h6-7,13-15,18,32H,2-5,8-12,16H2,1H3. The van der Waals surface area contributed by atoms with Gasteiger partial charge < -0.3 is 19.5 Å². The highest BCUT2D eigenvalue weighted by Crippen LogP contribution is 2.44. The number of fused-ring (bicyclic) bond motifs is 2. The Labute approximate surface area is 193 Å². The Bertz CT molecular complexity index is 1210. The second kappa shape index (κ2) is 8.02. The molecule has 1 N–H and O–H groups in total. The molecule has 172 valence electrons. The summed E-state index contributed by atoms with van der Waals surface area (Å²) in [5.41, 5.74) is 5.93. The van der Waals surface area contributed by atoms with Crippen LogP contribution < -0.4 is 4.90 Å². The SMILES string of the molecule is CC(=O)N1CCn2c(C3CC3)nc(N3CCCc4cc(-c5cnn(CCO)c5)ccc43)c2C1. The molecule has 3 aromatic rings. The number of rotatable bonds is 5. The molecule has 8 nitrogen and oxygen atoms in total. The topological polar surface area (TPSA) is 79.4 Å². The maximum Gasteiger partial charge on any atom is 0.219 e. The lowest BCUT2D eigenvalue weighted by atomic mass is 9.97. The highest BCUT2D eigenvalue weighted by atomic mass is 16.3. The number of benzene rings is 1. The summed E-state index contributed by atoms with van der Waals surface area (Å²) in [5, 5.41) is 13.5. The first-order valence-corrected chi connectivity index (χ1v) is 12.0. The molecule has 1 aromatic carbocycles. The van der Waals surface area contributed by atoms with E-state index in [2.05, 4.69) is 32.8 Å². The van der Waals surface area contributed by atoms with Crippen LogP contribution in [0.3, 0.4) is 0 Å². The molecule has 0 radical (unpaired) electrons.